The lowest BCUT2D eigenvalue weighted by Crippen LogP contribution is -2.48. The van der Waals surface area contributed by atoms with Crippen LogP contribution in [0.15, 0.2) is 29.2 Å². The third-order valence-corrected chi connectivity index (χ3v) is 5.36. The largest absolute Gasteiger partial charge is 0.316 e. The lowest BCUT2D eigenvalue weighted by Gasteiger charge is -2.29. The summed E-state index contributed by atoms with van der Waals surface area (Å²) in [6.45, 7) is 3.79. The molecule has 7 heteroatoms. The first-order valence-electron chi connectivity index (χ1n) is 5.97. The van der Waals surface area contributed by atoms with Gasteiger partial charge in [0.05, 0.1) is 4.90 Å². The van der Waals surface area contributed by atoms with Crippen molar-refractivity contribution in [1.82, 2.24) is 10.0 Å². The molecule has 0 amide bonds. The van der Waals surface area contributed by atoms with Crippen molar-refractivity contribution in [3.63, 3.8) is 0 Å². The molecule has 0 bridgehead atoms. The van der Waals surface area contributed by atoms with Crippen LogP contribution in [0.4, 0.5) is 0 Å². The molecule has 1 aliphatic rings. The molecule has 1 aromatic carbocycles. The number of piperidine rings is 1. The summed E-state index contributed by atoms with van der Waals surface area (Å²) in [6, 6.07) is 6.99. The molecule has 1 saturated heterocycles. The fourth-order valence-corrected chi connectivity index (χ4v) is 4.27. The van der Waals surface area contributed by atoms with Crippen molar-refractivity contribution in [3.8, 4) is 0 Å². The van der Waals surface area contributed by atoms with Crippen LogP contribution in [0.5, 0.6) is 0 Å². The van der Waals surface area contributed by atoms with Gasteiger partial charge in [0.2, 0.25) is 10.0 Å². The monoisotopic (exact) mass is 416 g/mol. The summed E-state index contributed by atoms with van der Waals surface area (Å²) >= 11 is 2.12. The molecule has 1 aromatic rings. The maximum atomic E-state index is 12.3. The van der Waals surface area contributed by atoms with Gasteiger partial charge in [-0.25, -0.2) is 13.1 Å². The van der Waals surface area contributed by atoms with Crippen molar-refractivity contribution < 1.29 is 8.42 Å². The Morgan fingerprint density at radius 2 is 2.16 bits per heavy atom. The minimum Gasteiger partial charge on any atom is -0.316 e. The van der Waals surface area contributed by atoms with Crippen LogP contribution >= 0.6 is 35.0 Å². The van der Waals surface area contributed by atoms with Crippen LogP contribution in [0, 0.1) is 9.49 Å². The van der Waals surface area contributed by atoms with Gasteiger partial charge in [0.15, 0.2) is 0 Å². The van der Waals surface area contributed by atoms with Crippen molar-refractivity contribution in [2.24, 2.45) is 5.92 Å². The smallest absolute Gasteiger partial charge is 0.240 e. The van der Waals surface area contributed by atoms with Crippen molar-refractivity contribution in [2.45, 2.75) is 24.3 Å². The Balaban J connectivity index is 0.00000180. The molecule has 0 aromatic heterocycles. The van der Waals surface area contributed by atoms with Gasteiger partial charge in [0, 0.05) is 9.61 Å². The first-order valence-corrected chi connectivity index (χ1v) is 8.54. The molecule has 2 N–H and O–H groups in total. The van der Waals surface area contributed by atoms with Gasteiger partial charge in [-0.15, -0.1) is 12.4 Å². The molecular formula is C12H18ClIN2O2S. The number of nitrogens with one attached hydrogen (secondary N) is 2. The predicted octanol–water partition coefficient (Wildman–Crippen LogP) is 1.99. The van der Waals surface area contributed by atoms with Crippen molar-refractivity contribution >= 4 is 45.0 Å². The molecule has 0 spiro atoms. The van der Waals surface area contributed by atoms with E-state index in [1.54, 1.807) is 18.2 Å². The van der Waals surface area contributed by atoms with Gasteiger partial charge >= 0.3 is 0 Å². The summed E-state index contributed by atoms with van der Waals surface area (Å²) in [4.78, 5) is 0.347. The van der Waals surface area contributed by atoms with E-state index in [1.165, 1.54) is 0 Å². The molecular weight excluding hydrogens is 399 g/mol. The van der Waals surface area contributed by atoms with Gasteiger partial charge in [-0.1, -0.05) is 13.0 Å². The van der Waals surface area contributed by atoms with Gasteiger partial charge in [-0.3, -0.25) is 0 Å². The first kappa shape index (κ1) is 17.2. The Hall–Kier alpha value is 0.110. The molecule has 2 unspecified atom stereocenters. The van der Waals surface area contributed by atoms with Crippen LogP contribution in [0.3, 0.4) is 0 Å². The molecule has 4 nitrogen and oxygen atoms in total. The Labute approximate surface area is 134 Å². The van der Waals surface area contributed by atoms with Gasteiger partial charge in [0.1, 0.15) is 0 Å². The summed E-state index contributed by atoms with van der Waals surface area (Å²) < 4.78 is 28.3. The molecule has 2 rings (SSSR count). The molecule has 0 saturated carbocycles. The number of halogens is 2. The van der Waals surface area contributed by atoms with E-state index < -0.39 is 10.0 Å². The SMILES string of the molecule is CC1CNCCC1NS(=O)(=O)c1cccc(I)c1.Cl. The quantitative estimate of drug-likeness (QED) is 0.741. The third-order valence-electron chi connectivity index (χ3n) is 3.20. The Morgan fingerprint density at radius 3 is 2.79 bits per heavy atom. The van der Waals surface area contributed by atoms with Gasteiger partial charge in [0.25, 0.3) is 0 Å². The Morgan fingerprint density at radius 1 is 1.42 bits per heavy atom. The van der Waals surface area contributed by atoms with E-state index in [0.29, 0.717) is 10.8 Å². The lowest BCUT2D eigenvalue weighted by atomic mass is 9.97. The number of rotatable bonds is 3. The molecule has 0 aliphatic carbocycles. The fraction of sp³-hybridized carbons (Fsp3) is 0.500. The second kappa shape index (κ2) is 7.21. The number of benzene rings is 1. The standard InChI is InChI=1S/C12H17IN2O2S.ClH/c1-9-8-14-6-5-12(9)15-18(16,17)11-4-2-3-10(13)7-11;/h2-4,7,9,12,14-15H,5-6,8H2,1H3;1H. The van der Waals surface area contributed by atoms with E-state index in [9.17, 15) is 8.42 Å². The zero-order valence-electron chi connectivity index (χ0n) is 10.6. The summed E-state index contributed by atoms with van der Waals surface area (Å²) in [5.41, 5.74) is 0. The van der Waals surface area contributed by atoms with Crippen LogP contribution < -0.4 is 10.0 Å². The number of sulfonamides is 1. The maximum Gasteiger partial charge on any atom is 0.240 e. The topological polar surface area (TPSA) is 58.2 Å². The Kier molecular flexibility index (Phi) is 6.52. The normalized spacial score (nSPS) is 23.7. The van der Waals surface area contributed by atoms with Crippen molar-refractivity contribution in [2.75, 3.05) is 13.1 Å². The minimum absolute atomic E-state index is 0. The number of hydrogen-bond acceptors (Lipinski definition) is 3. The fourth-order valence-electron chi connectivity index (χ4n) is 2.09. The van der Waals surface area contributed by atoms with Gasteiger partial charge in [-0.05, 0) is 66.2 Å². The maximum absolute atomic E-state index is 12.3. The van der Waals surface area contributed by atoms with Gasteiger partial charge < -0.3 is 5.32 Å². The van der Waals surface area contributed by atoms with E-state index in [2.05, 4.69) is 39.6 Å². The first-order chi connectivity index (χ1) is 8.49. The van der Waals surface area contributed by atoms with E-state index in [0.717, 1.165) is 23.1 Å². The van der Waals surface area contributed by atoms with E-state index in [1.807, 2.05) is 6.07 Å². The molecule has 1 aliphatic heterocycles. The highest BCUT2D eigenvalue weighted by atomic mass is 127. The highest BCUT2D eigenvalue weighted by Gasteiger charge is 2.26. The van der Waals surface area contributed by atoms with Crippen molar-refractivity contribution in [3.05, 3.63) is 27.8 Å². The Bertz CT molecular complexity index is 524. The second-order valence-corrected chi connectivity index (χ2v) is 7.61. The van der Waals surface area contributed by atoms with Crippen LogP contribution in [0.2, 0.25) is 0 Å². The zero-order chi connectivity index (χ0) is 13.2. The zero-order valence-corrected chi connectivity index (χ0v) is 14.4. The highest BCUT2D eigenvalue weighted by molar-refractivity contribution is 14.1. The third kappa shape index (κ3) is 4.56. The van der Waals surface area contributed by atoms with E-state index in [-0.39, 0.29) is 18.4 Å². The van der Waals surface area contributed by atoms with Crippen LogP contribution in [0.1, 0.15) is 13.3 Å². The number of hydrogen-bond donors (Lipinski definition) is 2. The average molecular weight is 417 g/mol. The molecule has 108 valence electrons. The summed E-state index contributed by atoms with van der Waals surface area (Å²) in [6.07, 6.45) is 0.838. The van der Waals surface area contributed by atoms with Crippen LogP contribution in [-0.2, 0) is 10.0 Å². The molecule has 1 heterocycles. The second-order valence-electron chi connectivity index (χ2n) is 4.66. The van der Waals surface area contributed by atoms with Crippen LogP contribution in [-0.4, -0.2) is 27.5 Å². The van der Waals surface area contributed by atoms with Crippen molar-refractivity contribution in [1.29, 1.82) is 0 Å². The molecule has 1 fully saturated rings. The van der Waals surface area contributed by atoms with E-state index >= 15 is 0 Å². The van der Waals surface area contributed by atoms with E-state index in [4.69, 9.17) is 0 Å². The average Bonchev–Trinajstić information content (AvgIpc) is 2.32. The highest BCUT2D eigenvalue weighted by Crippen LogP contribution is 2.17. The van der Waals surface area contributed by atoms with Gasteiger partial charge in [-0.2, -0.15) is 0 Å². The predicted molar refractivity (Wildman–Crippen MR) is 87.2 cm³/mol. The minimum atomic E-state index is -3.40. The van der Waals surface area contributed by atoms with Crippen LogP contribution in [0.25, 0.3) is 0 Å². The summed E-state index contributed by atoms with van der Waals surface area (Å²) in [5.74, 6) is 0.316. The molecule has 19 heavy (non-hydrogen) atoms. The lowest BCUT2D eigenvalue weighted by molar-refractivity contribution is 0.328. The molecule has 2 atom stereocenters. The molecule has 0 radical (unpaired) electrons. The summed E-state index contributed by atoms with van der Waals surface area (Å²) in [7, 11) is -3.40. The summed E-state index contributed by atoms with van der Waals surface area (Å²) in [5, 5.41) is 3.26.